The van der Waals surface area contributed by atoms with Gasteiger partial charge >= 0.3 is 0 Å². The van der Waals surface area contributed by atoms with Crippen molar-refractivity contribution in [2.75, 3.05) is 26.6 Å². The van der Waals surface area contributed by atoms with Crippen LogP contribution >= 0.6 is 11.3 Å². The topological polar surface area (TPSA) is 39.7 Å². The molecule has 0 spiro atoms. The normalized spacial score (nSPS) is 10.1. The summed E-state index contributed by atoms with van der Waals surface area (Å²) in [7, 11) is 4.84. The maximum atomic E-state index is 5.33. The lowest BCUT2D eigenvalue weighted by molar-refractivity contribution is 0.324. The van der Waals surface area contributed by atoms with E-state index in [9.17, 15) is 0 Å². The van der Waals surface area contributed by atoms with Gasteiger partial charge in [-0.1, -0.05) is 0 Å². The minimum absolute atomic E-state index is 0.615. The monoisotopic (exact) mass is 279 g/mol. The Kier molecular flexibility index (Phi) is 4.52. The number of hydrogen-bond acceptors (Lipinski definition) is 5. The van der Waals surface area contributed by atoms with Crippen LogP contribution in [0.2, 0.25) is 0 Å². The average Bonchev–Trinajstić information content (AvgIpc) is 2.97. The fraction of sp³-hybridized carbons (Fsp3) is 0.286. The quantitative estimate of drug-likeness (QED) is 0.880. The molecule has 2 rings (SSSR count). The molecule has 5 heteroatoms. The van der Waals surface area contributed by atoms with Crippen LogP contribution in [0.4, 0.5) is 5.69 Å². The van der Waals surface area contributed by atoms with Crippen molar-refractivity contribution in [2.45, 2.75) is 6.54 Å². The van der Waals surface area contributed by atoms with Gasteiger partial charge in [-0.25, -0.2) is 0 Å². The van der Waals surface area contributed by atoms with Crippen molar-refractivity contribution in [3.63, 3.8) is 0 Å². The predicted octanol–water partition coefficient (Wildman–Crippen LogP) is 3.39. The minimum Gasteiger partial charge on any atom is -0.493 e. The first-order valence-electron chi connectivity index (χ1n) is 5.83. The van der Waals surface area contributed by atoms with E-state index in [4.69, 9.17) is 14.2 Å². The van der Waals surface area contributed by atoms with Crippen LogP contribution in [-0.4, -0.2) is 21.3 Å². The first-order chi connectivity index (χ1) is 9.28. The van der Waals surface area contributed by atoms with Crippen LogP contribution in [-0.2, 0) is 6.54 Å². The van der Waals surface area contributed by atoms with Gasteiger partial charge in [-0.15, -0.1) is 0 Å². The molecule has 2 aromatic rings. The molecule has 0 bridgehead atoms. The van der Waals surface area contributed by atoms with E-state index in [1.54, 1.807) is 32.7 Å². The Balaban J connectivity index is 2.20. The van der Waals surface area contributed by atoms with E-state index in [1.807, 2.05) is 23.6 Å². The Morgan fingerprint density at radius 2 is 1.74 bits per heavy atom. The summed E-state index contributed by atoms with van der Waals surface area (Å²) in [5, 5.41) is 7.45. The van der Waals surface area contributed by atoms with Crippen molar-refractivity contribution < 1.29 is 14.2 Å². The summed E-state index contributed by atoms with van der Waals surface area (Å²) < 4.78 is 15.9. The number of thiophene rings is 1. The lowest BCUT2D eigenvalue weighted by Gasteiger charge is -2.14. The number of ether oxygens (including phenoxy) is 3. The van der Waals surface area contributed by atoms with Crippen LogP contribution in [0.5, 0.6) is 17.2 Å². The summed E-state index contributed by atoms with van der Waals surface area (Å²) in [6, 6.07) is 5.93. The number of nitrogens with one attached hydrogen (secondary N) is 1. The molecule has 0 atom stereocenters. The largest absolute Gasteiger partial charge is 0.493 e. The lowest BCUT2D eigenvalue weighted by atomic mass is 10.1. The van der Waals surface area contributed by atoms with Gasteiger partial charge in [-0.3, -0.25) is 0 Å². The average molecular weight is 279 g/mol. The zero-order valence-corrected chi connectivity index (χ0v) is 12.0. The predicted molar refractivity (Wildman–Crippen MR) is 77.7 cm³/mol. The molecule has 1 aromatic carbocycles. The Morgan fingerprint density at radius 1 is 1.05 bits per heavy atom. The molecule has 1 N–H and O–H groups in total. The second kappa shape index (κ2) is 6.33. The second-order valence-electron chi connectivity index (χ2n) is 3.90. The van der Waals surface area contributed by atoms with Crippen LogP contribution in [0.15, 0.2) is 29.0 Å². The smallest absolute Gasteiger partial charge is 0.203 e. The molecule has 102 valence electrons. The van der Waals surface area contributed by atoms with Crippen molar-refractivity contribution in [2.24, 2.45) is 0 Å². The van der Waals surface area contributed by atoms with E-state index < -0.39 is 0 Å². The molecule has 0 saturated carbocycles. The van der Waals surface area contributed by atoms with Crippen LogP contribution in [0.1, 0.15) is 5.56 Å². The molecule has 0 aliphatic heterocycles. The van der Waals surface area contributed by atoms with Gasteiger partial charge in [0.1, 0.15) is 0 Å². The molecular weight excluding hydrogens is 262 g/mol. The number of benzene rings is 1. The standard InChI is InChI=1S/C14H17NO3S/c1-16-12-6-10(7-13(17-2)14(12)18-3)8-15-11-4-5-19-9-11/h4-7,9,15H,8H2,1-3H3. The van der Waals surface area contributed by atoms with E-state index in [1.165, 1.54) is 0 Å². The zero-order valence-electron chi connectivity index (χ0n) is 11.2. The highest BCUT2D eigenvalue weighted by Crippen LogP contribution is 2.38. The van der Waals surface area contributed by atoms with E-state index in [2.05, 4.69) is 10.7 Å². The van der Waals surface area contributed by atoms with Gasteiger partial charge in [0.25, 0.3) is 0 Å². The maximum Gasteiger partial charge on any atom is 0.203 e. The summed E-state index contributed by atoms with van der Waals surface area (Å²) in [5.41, 5.74) is 2.18. The first kappa shape index (κ1) is 13.5. The molecule has 0 amide bonds. The second-order valence-corrected chi connectivity index (χ2v) is 4.68. The maximum absolute atomic E-state index is 5.33. The minimum atomic E-state index is 0.615. The van der Waals surface area contributed by atoms with Crippen LogP contribution in [0.25, 0.3) is 0 Å². The Labute approximate surface area is 116 Å². The molecule has 1 aromatic heterocycles. The highest BCUT2D eigenvalue weighted by atomic mass is 32.1. The summed E-state index contributed by atoms with van der Waals surface area (Å²) >= 11 is 1.66. The van der Waals surface area contributed by atoms with Crippen molar-refractivity contribution in [1.29, 1.82) is 0 Å². The van der Waals surface area contributed by atoms with Crippen LogP contribution in [0.3, 0.4) is 0 Å². The molecule has 0 radical (unpaired) electrons. The van der Waals surface area contributed by atoms with E-state index >= 15 is 0 Å². The Hall–Kier alpha value is -1.88. The third-order valence-corrected chi connectivity index (χ3v) is 3.43. The molecule has 1 heterocycles. The van der Waals surface area contributed by atoms with Gasteiger partial charge in [0.15, 0.2) is 11.5 Å². The molecular formula is C14H17NO3S. The van der Waals surface area contributed by atoms with Crippen LogP contribution < -0.4 is 19.5 Å². The molecule has 0 unspecified atom stereocenters. The Bertz CT molecular complexity index is 500. The molecule has 0 aliphatic rings. The summed E-state index contributed by atoms with van der Waals surface area (Å²) in [5.74, 6) is 1.96. The summed E-state index contributed by atoms with van der Waals surface area (Å²) in [6.07, 6.45) is 0. The van der Waals surface area contributed by atoms with Gasteiger partial charge in [-0.05, 0) is 29.1 Å². The molecule has 19 heavy (non-hydrogen) atoms. The van der Waals surface area contributed by atoms with E-state index in [0.717, 1.165) is 11.3 Å². The first-order valence-corrected chi connectivity index (χ1v) is 6.77. The fourth-order valence-corrected chi connectivity index (χ4v) is 2.42. The lowest BCUT2D eigenvalue weighted by Crippen LogP contribution is -2.01. The van der Waals surface area contributed by atoms with Gasteiger partial charge in [0, 0.05) is 17.6 Å². The van der Waals surface area contributed by atoms with Gasteiger partial charge < -0.3 is 19.5 Å². The number of methoxy groups -OCH3 is 3. The van der Waals surface area contributed by atoms with Gasteiger partial charge in [-0.2, -0.15) is 11.3 Å². The summed E-state index contributed by atoms with van der Waals surface area (Å²) in [6.45, 7) is 0.702. The molecule has 0 saturated heterocycles. The van der Waals surface area contributed by atoms with Crippen molar-refractivity contribution in [3.05, 3.63) is 34.5 Å². The molecule has 0 aliphatic carbocycles. The third kappa shape index (κ3) is 3.12. The summed E-state index contributed by atoms with van der Waals surface area (Å²) in [4.78, 5) is 0. The number of hydrogen-bond donors (Lipinski definition) is 1. The highest BCUT2D eigenvalue weighted by molar-refractivity contribution is 7.08. The number of anilines is 1. The van der Waals surface area contributed by atoms with Crippen LogP contribution in [0, 0.1) is 0 Å². The van der Waals surface area contributed by atoms with Crippen molar-refractivity contribution >= 4 is 17.0 Å². The molecule has 4 nitrogen and oxygen atoms in total. The van der Waals surface area contributed by atoms with E-state index in [0.29, 0.717) is 23.8 Å². The van der Waals surface area contributed by atoms with Crippen molar-refractivity contribution in [1.82, 2.24) is 0 Å². The molecule has 0 fully saturated rings. The van der Waals surface area contributed by atoms with E-state index in [-0.39, 0.29) is 0 Å². The highest BCUT2D eigenvalue weighted by Gasteiger charge is 2.12. The van der Waals surface area contributed by atoms with Crippen molar-refractivity contribution in [3.8, 4) is 17.2 Å². The van der Waals surface area contributed by atoms with Gasteiger partial charge in [0.05, 0.1) is 21.3 Å². The Morgan fingerprint density at radius 3 is 2.21 bits per heavy atom. The zero-order chi connectivity index (χ0) is 13.7. The third-order valence-electron chi connectivity index (χ3n) is 2.74. The number of rotatable bonds is 6. The fourth-order valence-electron chi connectivity index (χ4n) is 1.81. The van der Waals surface area contributed by atoms with Gasteiger partial charge in [0.2, 0.25) is 5.75 Å². The SMILES string of the molecule is COc1cc(CNc2ccsc2)cc(OC)c1OC.